The van der Waals surface area contributed by atoms with Crippen LogP contribution in [0, 0.1) is 17.8 Å². The average molecular weight is 671 g/mol. The summed E-state index contributed by atoms with van der Waals surface area (Å²) >= 11 is 6.43. The maximum Gasteiger partial charge on any atom is 0.264 e. The van der Waals surface area contributed by atoms with Gasteiger partial charge in [-0.2, -0.15) is 0 Å². The van der Waals surface area contributed by atoms with E-state index in [1.54, 1.807) is 32.2 Å². The zero-order chi connectivity index (χ0) is 32.7. The number of sulfonamides is 1. The van der Waals surface area contributed by atoms with E-state index in [1.807, 2.05) is 25.1 Å². The fraction of sp³-hybridized carbons (Fsp3) is 0.583. The van der Waals surface area contributed by atoms with E-state index in [4.69, 9.17) is 21.1 Å². The SMILES string of the molecule is COCCC[C@@]1(O)/C=C/C[C@H](C)[C@@H](C)S(=O)(=O)NC(=O)c2ccc3c(c2)N(C[C@@H]2CC[C@H]21)C[C@@]1(CCCc2cc(Cl)ccc21)CO3. The van der Waals surface area contributed by atoms with Crippen LogP contribution in [-0.2, 0) is 26.6 Å². The normalized spacial score (nSPS) is 33.1. The first-order valence-electron chi connectivity index (χ1n) is 16.7. The van der Waals surface area contributed by atoms with Crippen molar-refractivity contribution < 1.29 is 27.8 Å². The Labute approximate surface area is 278 Å². The summed E-state index contributed by atoms with van der Waals surface area (Å²) in [5, 5.41) is 12.2. The summed E-state index contributed by atoms with van der Waals surface area (Å²) in [5.41, 5.74) is 2.22. The zero-order valence-electron chi connectivity index (χ0n) is 27.1. The maximum atomic E-state index is 13.5. The Kier molecular flexibility index (Phi) is 9.51. The van der Waals surface area contributed by atoms with Crippen LogP contribution in [0.4, 0.5) is 5.69 Å². The van der Waals surface area contributed by atoms with Gasteiger partial charge in [0.1, 0.15) is 5.75 Å². The number of hydrogen-bond acceptors (Lipinski definition) is 7. The van der Waals surface area contributed by atoms with Crippen LogP contribution in [0.1, 0.15) is 80.3 Å². The molecule has 1 spiro atoms. The number of anilines is 1. The fourth-order valence-corrected chi connectivity index (χ4v) is 9.62. The first-order valence-corrected chi connectivity index (χ1v) is 18.6. The van der Waals surface area contributed by atoms with Crippen LogP contribution in [0.15, 0.2) is 48.6 Å². The molecule has 0 radical (unpaired) electrons. The number of nitrogens with zero attached hydrogens (tertiary/aromatic N) is 1. The van der Waals surface area contributed by atoms with Gasteiger partial charge >= 0.3 is 0 Å². The van der Waals surface area contributed by atoms with Crippen molar-refractivity contribution >= 4 is 33.2 Å². The Balaban J connectivity index is 1.43. The van der Waals surface area contributed by atoms with E-state index in [0.717, 1.165) is 49.2 Å². The largest absolute Gasteiger partial charge is 0.490 e. The Morgan fingerprint density at radius 1 is 1.17 bits per heavy atom. The second-order valence-corrected chi connectivity index (χ2v) is 16.6. The third-order valence-electron chi connectivity index (χ3n) is 11.2. The Morgan fingerprint density at radius 2 is 2.00 bits per heavy atom. The summed E-state index contributed by atoms with van der Waals surface area (Å²) in [5.74, 6) is 0.0185. The van der Waals surface area contributed by atoms with Crippen molar-refractivity contribution in [3.8, 4) is 5.75 Å². The number of fused-ring (bicyclic) bond motifs is 4. The van der Waals surface area contributed by atoms with Crippen LogP contribution < -0.4 is 14.4 Å². The molecule has 1 amide bonds. The van der Waals surface area contributed by atoms with Crippen molar-refractivity contribution in [1.82, 2.24) is 4.72 Å². The molecule has 1 fully saturated rings. The average Bonchev–Trinajstić information content (AvgIpc) is 3.15. The molecule has 2 N–H and O–H groups in total. The monoisotopic (exact) mass is 670 g/mol. The molecule has 2 aliphatic heterocycles. The highest BCUT2D eigenvalue weighted by atomic mass is 35.5. The predicted octanol–water partition coefficient (Wildman–Crippen LogP) is 6.04. The molecule has 8 nitrogen and oxygen atoms in total. The molecule has 46 heavy (non-hydrogen) atoms. The molecular weight excluding hydrogens is 624 g/mol. The molecule has 6 rings (SSSR count). The summed E-state index contributed by atoms with van der Waals surface area (Å²) in [6, 6.07) is 11.4. The van der Waals surface area contributed by atoms with E-state index in [0.29, 0.717) is 44.9 Å². The molecule has 0 unspecified atom stereocenters. The van der Waals surface area contributed by atoms with Gasteiger partial charge in [-0.1, -0.05) is 36.7 Å². The number of methoxy groups -OCH3 is 1. The topological polar surface area (TPSA) is 105 Å². The van der Waals surface area contributed by atoms with Crippen molar-refractivity contribution in [2.24, 2.45) is 17.8 Å². The molecule has 2 heterocycles. The highest BCUT2D eigenvalue weighted by Crippen LogP contribution is 2.49. The molecular formula is C36H47ClN2O6S. The molecule has 2 bridgehead atoms. The molecule has 250 valence electrons. The van der Waals surface area contributed by atoms with E-state index in [9.17, 15) is 18.3 Å². The lowest BCUT2D eigenvalue weighted by molar-refractivity contribution is -0.0544. The molecule has 0 saturated heterocycles. The summed E-state index contributed by atoms with van der Waals surface area (Å²) in [4.78, 5) is 15.8. The Hall–Kier alpha value is -2.59. The van der Waals surface area contributed by atoms with Gasteiger partial charge in [-0.3, -0.25) is 4.79 Å². The number of allylic oxidation sites excluding steroid dienone is 1. The van der Waals surface area contributed by atoms with Crippen molar-refractivity contribution in [2.45, 2.75) is 81.5 Å². The van der Waals surface area contributed by atoms with Gasteiger partial charge < -0.3 is 19.5 Å². The van der Waals surface area contributed by atoms with E-state index in [2.05, 4.69) is 21.8 Å². The fourth-order valence-electron chi connectivity index (χ4n) is 8.14. The maximum absolute atomic E-state index is 13.5. The molecule has 2 aliphatic carbocycles. The third kappa shape index (κ3) is 6.45. The van der Waals surface area contributed by atoms with Crippen LogP contribution in [0.2, 0.25) is 5.02 Å². The van der Waals surface area contributed by atoms with Crippen molar-refractivity contribution in [2.75, 3.05) is 38.3 Å². The molecule has 6 atom stereocenters. The number of hydrogen-bond donors (Lipinski definition) is 2. The number of carbonyl (C=O) groups excluding carboxylic acids is 1. The second kappa shape index (κ2) is 13.1. The summed E-state index contributed by atoms with van der Waals surface area (Å²) < 4.78 is 41.0. The standard InChI is InChI=1S/C36H47ClN2O6S/c1-24-7-4-16-36(41,17-6-18-44-3)31-12-9-28(31)21-39-22-35(15-5-8-26-19-29(37)11-13-30(26)35)23-45-33-14-10-27(20-32(33)39)34(40)38-46(42,43)25(24)2/h4,10-11,13-14,16,19-20,24-25,28,31,41H,5-9,12,15,17-18,21-23H2,1-3H3,(H,38,40)/b16-4+/t24-,25+,28-,31+,35-,36-/m0/s1. The highest BCUT2D eigenvalue weighted by molar-refractivity contribution is 7.90. The molecule has 0 aromatic heterocycles. The van der Waals surface area contributed by atoms with Gasteiger partial charge in [-0.25, -0.2) is 13.1 Å². The number of rotatable bonds is 4. The molecule has 2 aromatic carbocycles. The lowest BCUT2D eigenvalue weighted by atomic mass is 9.63. The Morgan fingerprint density at radius 3 is 2.76 bits per heavy atom. The van der Waals surface area contributed by atoms with Crippen molar-refractivity contribution in [3.63, 3.8) is 0 Å². The quantitative estimate of drug-likeness (QED) is 0.302. The van der Waals surface area contributed by atoms with Crippen molar-refractivity contribution in [1.29, 1.82) is 0 Å². The van der Waals surface area contributed by atoms with E-state index >= 15 is 0 Å². The number of benzene rings is 2. The number of ether oxygens (including phenoxy) is 2. The minimum atomic E-state index is -3.96. The molecule has 4 aliphatic rings. The summed E-state index contributed by atoms with van der Waals surface area (Å²) in [6.45, 7) is 5.90. The molecule has 2 aromatic rings. The number of carbonyl (C=O) groups is 1. The molecule has 1 saturated carbocycles. The van der Waals surface area contributed by atoms with Gasteiger partial charge in [0.05, 0.1) is 23.1 Å². The van der Waals surface area contributed by atoms with Gasteiger partial charge in [0.25, 0.3) is 5.91 Å². The van der Waals surface area contributed by atoms with Crippen LogP contribution in [-0.4, -0.2) is 63.7 Å². The third-order valence-corrected chi connectivity index (χ3v) is 13.3. The van der Waals surface area contributed by atoms with E-state index in [-0.39, 0.29) is 28.7 Å². The smallest absolute Gasteiger partial charge is 0.264 e. The van der Waals surface area contributed by atoms with Gasteiger partial charge in [0.2, 0.25) is 10.0 Å². The van der Waals surface area contributed by atoms with Crippen LogP contribution in [0.5, 0.6) is 5.75 Å². The van der Waals surface area contributed by atoms with Crippen LogP contribution in [0.3, 0.4) is 0 Å². The van der Waals surface area contributed by atoms with Crippen LogP contribution >= 0.6 is 11.6 Å². The number of amides is 1. The second-order valence-electron chi connectivity index (χ2n) is 14.1. The van der Waals surface area contributed by atoms with Crippen LogP contribution in [0.25, 0.3) is 0 Å². The number of aliphatic hydroxyl groups is 1. The minimum absolute atomic E-state index is 0.0393. The van der Waals surface area contributed by atoms with Gasteiger partial charge in [0.15, 0.2) is 0 Å². The van der Waals surface area contributed by atoms with Gasteiger partial charge in [0, 0.05) is 42.8 Å². The van der Waals surface area contributed by atoms with E-state index in [1.165, 1.54) is 11.1 Å². The lowest BCUT2D eigenvalue weighted by Gasteiger charge is -2.49. The van der Waals surface area contributed by atoms with E-state index < -0.39 is 26.8 Å². The first-order chi connectivity index (χ1) is 21.9. The lowest BCUT2D eigenvalue weighted by Crippen LogP contribution is -2.52. The minimum Gasteiger partial charge on any atom is -0.490 e. The number of aryl methyl sites for hydroxylation is 1. The molecule has 10 heteroatoms. The summed E-state index contributed by atoms with van der Waals surface area (Å²) in [6.07, 6.45) is 10.4. The van der Waals surface area contributed by atoms with Gasteiger partial charge in [-0.05, 0) is 118 Å². The highest BCUT2D eigenvalue weighted by Gasteiger charge is 2.48. The van der Waals surface area contributed by atoms with Crippen molar-refractivity contribution in [3.05, 3.63) is 70.3 Å². The number of halogens is 1. The first kappa shape index (κ1) is 33.3. The van der Waals surface area contributed by atoms with Gasteiger partial charge in [-0.15, -0.1) is 0 Å². The number of nitrogens with one attached hydrogen (secondary N) is 1. The predicted molar refractivity (Wildman–Crippen MR) is 181 cm³/mol. The Bertz CT molecular complexity index is 1600. The zero-order valence-corrected chi connectivity index (χ0v) is 28.7. The summed E-state index contributed by atoms with van der Waals surface area (Å²) in [7, 11) is -2.29.